The van der Waals surface area contributed by atoms with Gasteiger partial charge in [-0.25, -0.2) is 14.8 Å². The second kappa shape index (κ2) is 10.0. The van der Waals surface area contributed by atoms with Crippen LogP contribution in [0.1, 0.15) is 57.7 Å². The molecule has 1 fully saturated rings. The van der Waals surface area contributed by atoms with Crippen LogP contribution in [0.2, 0.25) is 0 Å². The number of nitrogens with zero attached hydrogens (tertiary/aromatic N) is 3. The van der Waals surface area contributed by atoms with E-state index in [1.54, 1.807) is 11.1 Å². The highest BCUT2D eigenvalue weighted by molar-refractivity contribution is 5.84. The van der Waals surface area contributed by atoms with Crippen molar-refractivity contribution in [2.45, 2.75) is 64.6 Å². The molecule has 0 aromatic carbocycles. The molecular weight excluding hydrogens is 378 g/mol. The number of ether oxygens (including phenoxy) is 2. The predicted molar refractivity (Wildman–Crippen MR) is 119 cm³/mol. The highest BCUT2D eigenvalue weighted by Gasteiger charge is 2.30. The third-order valence-corrected chi connectivity index (χ3v) is 5.12. The van der Waals surface area contributed by atoms with Crippen LogP contribution in [0, 0.1) is 0 Å². The summed E-state index contributed by atoms with van der Waals surface area (Å²) >= 11 is 0. The number of amides is 1. The van der Waals surface area contributed by atoms with Gasteiger partial charge < -0.3 is 14.4 Å². The summed E-state index contributed by atoms with van der Waals surface area (Å²) in [6.07, 6.45) is 8.44. The van der Waals surface area contributed by atoms with Crippen LogP contribution in [0.3, 0.4) is 0 Å². The van der Waals surface area contributed by atoms with E-state index in [1.807, 2.05) is 39.0 Å². The zero-order valence-corrected chi connectivity index (χ0v) is 18.4. The monoisotopic (exact) mass is 411 g/mol. The van der Waals surface area contributed by atoms with E-state index in [4.69, 9.17) is 9.47 Å². The molecule has 3 heterocycles. The molecule has 1 unspecified atom stereocenters. The highest BCUT2D eigenvalue weighted by atomic mass is 16.6. The van der Waals surface area contributed by atoms with Crippen LogP contribution in [-0.2, 0) is 15.9 Å². The number of pyridine rings is 2. The van der Waals surface area contributed by atoms with Crippen LogP contribution in [0.5, 0.6) is 0 Å². The number of carbonyl (C=O) groups excluding carboxylic acids is 1. The van der Waals surface area contributed by atoms with E-state index < -0.39 is 5.60 Å². The Labute approximate surface area is 179 Å². The van der Waals surface area contributed by atoms with Gasteiger partial charge in [0.25, 0.3) is 0 Å². The number of unbranched alkanes of at least 4 members (excludes halogenated alkanes) is 2. The van der Waals surface area contributed by atoms with E-state index in [0.717, 1.165) is 61.0 Å². The van der Waals surface area contributed by atoms with E-state index in [1.165, 1.54) is 0 Å². The van der Waals surface area contributed by atoms with Gasteiger partial charge in [-0.1, -0.05) is 19.1 Å². The Hall–Kier alpha value is -2.47. The van der Waals surface area contributed by atoms with Crippen molar-refractivity contribution < 1.29 is 14.3 Å². The topological polar surface area (TPSA) is 64.5 Å². The number of aryl methyl sites for hydroxylation is 1. The van der Waals surface area contributed by atoms with Gasteiger partial charge in [0.05, 0.1) is 12.6 Å². The molecule has 3 rings (SSSR count). The largest absolute Gasteiger partial charge is 0.444 e. The number of likely N-dealkylation sites (tertiary alicyclic amines) is 1. The maximum absolute atomic E-state index is 12.1. The smallest absolute Gasteiger partial charge is 0.410 e. The minimum absolute atomic E-state index is 0.112. The van der Waals surface area contributed by atoms with Crippen LogP contribution in [0.4, 0.5) is 4.79 Å². The lowest BCUT2D eigenvalue weighted by atomic mass is 10.1. The van der Waals surface area contributed by atoms with Crippen molar-refractivity contribution in [1.29, 1.82) is 0 Å². The summed E-state index contributed by atoms with van der Waals surface area (Å²) in [6.45, 7) is 11.6. The molecule has 1 saturated heterocycles. The first-order valence-electron chi connectivity index (χ1n) is 10.8. The molecule has 162 valence electrons. The number of carbonyl (C=O) groups is 1. The predicted octanol–water partition coefficient (Wildman–Crippen LogP) is 5.01. The summed E-state index contributed by atoms with van der Waals surface area (Å²) in [5.41, 5.74) is 2.46. The fourth-order valence-electron chi connectivity index (χ4n) is 3.63. The molecule has 2 aromatic rings. The SMILES string of the molecule is C=Cc1cc(CCCCCOC2CCN(C(=O)OC(C)(C)C)C2)nc2ncccc12. The van der Waals surface area contributed by atoms with Crippen molar-refractivity contribution in [2.75, 3.05) is 19.7 Å². The molecule has 6 heteroatoms. The van der Waals surface area contributed by atoms with E-state index >= 15 is 0 Å². The molecule has 0 aliphatic carbocycles. The molecule has 0 bridgehead atoms. The van der Waals surface area contributed by atoms with Crippen molar-refractivity contribution >= 4 is 23.2 Å². The quantitative estimate of drug-likeness (QED) is 0.571. The average molecular weight is 412 g/mol. The Morgan fingerprint density at radius 2 is 2.17 bits per heavy atom. The van der Waals surface area contributed by atoms with Gasteiger partial charge in [0.2, 0.25) is 0 Å². The number of rotatable bonds is 8. The van der Waals surface area contributed by atoms with Gasteiger partial charge in [-0.2, -0.15) is 0 Å². The lowest BCUT2D eigenvalue weighted by Crippen LogP contribution is -2.36. The molecule has 0 N–H and O–H groups in total. The lowest BCUT2D eigenvalue weighted by molar-refractivity contribution is 0.0206. The van der Waals surface area contributed by atoms with Crippen molar-refractivity contribution in [3.8, 4) is 0 Å². The molecule has 0 saturated carbocycles. The maximum Gasteiger partial charge on any atom is 0.410 e. The zero-order chi connectivity index (χ0) is 21.6. The highest BCUT2D eigenvalue weighted by Crippen LogP contribution is 2.20. The number of hydrogen-bond donors (Lipinski definition) is 0. The van der Waals surface area contributed by atoms with Gasteiger partial charge >= 0.3 is 6.09 Å². The zero-order valence-electron chi connectivity index (χ0n) is 18.4. The second-order valence-corrected chi connectivity index (χ2v) is 8.80. The molecule has 2 aromatic heterocycles. The first-order chi connectivity index (χ1) is 14.4. The average Bonchev–Trinajstić information content (AvgIpc) is 3.18. The van der Waals surface area contributed by atoms with Crippen molar-refractivity contribution in [1.82, 2.24) is 14.9 Å². The molecule has 0 spiro atoms. The Kier molecular flexibility index (Phi) is 7.43. The van der Waals surface area contributed by atoms with Crippen molar-refractivity contribution in [2.24, 2.45) is 0 Å². The molecule has 6 nitrogen and oxygen atoms in total. The van der Waals surface area contributed by atoms with Crippen molar-refractivity contribution in [3.05, 3.63) is 42.2 Å². The molecule has 1 aliphatic rings. The fraction of sp³-hybridized carbons (Fsp3) is 0.542. The lowest BCUT2D eigenvalue weighted by Gasteiger charge is -2.24. The summed E-state index contributed by atoms with van der Waals surface area (Å²) in [6, 6.07) is 6.06. The fourth-order valence-corrected chi connectivity index (χ4v) is 3.63. The number of hydrogen-bond acceptors (Lipinski definition) is 5. The third-order valence-electron chi connectivity index (χ3n) is 5.12. The van der Waals surface area contributed by atoms with E-state index in [9.17, 15) is 4.79 Å². The minimum atomic E-state index is -0.460. The Balaban J connectivity index is 1.35. The van der Waals surface area contributed by atoms with Gasteiger partial charge in [0, 0.05) is 30.4 Å². The van der Waals surface area contributed by atoms with Gasteiger partial charge in [-0.3, -0.25) is 0 Å². The molecule has 1 aliphatic heterocycles. The summed E-state index contributed by atoms with van der Waals surface area (Å²) in [5, 5.41) is 1.04. The van der Waals surface area contributed by atoms with Gasteiger partial charge in [-0.05, 0) is 70.2 Å². The Morgan fingerprint density at radius 3 is 2.93 bits per heavy atom. The maximum atomic E-state index is 12.1. The minimum Gasteiger partial charge on any atom is -0.444 e. The molecule has 1 atom stereocenters. The van der Waals surface area contributed by atoms with E-state index in [-0.39, 0.29) is 12.2 Å². The summed E-state index contributed by atoms with van der Waals surface area (Å²) in [5.74, 6) is 0. The van der Waals surface area contributed by atoms with E-state index in [2.05, 4.69) is 22.6 Å². The van der Waals surface area contributed by atoms with Crippen molar-refractivity contribution in [3.63, 3.8) is 0 Å². The molecule has 1 amide bonds. The van der Waals surface area contributed by atoms with Crippen LogP contribution >= 0.6 is 0 Å². The van der Waals surface area contributed by atoms with Gasteiger partial charge in [0.15, 0.2) is 5.65 Å². The van der Waals surface area contributed by atoms with Crippen LogP contribution in [0.15, 0.2) is 31.0 Å². The Morgan fingerprint density at radius 1 is 1.33 bits per heavy atom. The second-order valence-electron chi connectivity index (χ2n) is 8.80. The van der Waals surface area contributed by atoms with Gasteiger partial charge in [0.1, 0.15) is 5.60 Å². The molecule has 0 radical (unpaired) electrons. The van der Waals surface area contributed by atoms with Gasteiger partial charge in [-0.15, -0.1) is 0 Å². The first-order valence-corrected chi connectivity index (χ1v) is 10.8. The van der Waals surface area contributed by atoms with E-state index in [0.29, 0.717) is 13.1 Å². The number of fused-ring (bicyclic) bond motifs is 1. The Bertz CT molecular complexity index is 876. The summed E-state index contributed by atoms with van der Waals surface area (Å²) in [4.78, 5) is 22.9. The summed E-state index contributed by atoms with van der Waals surface area (Å²) in [7, 11) is 0. The molecule has 30 heavy (non-hydrogen) atoms. The first kappa shape index (κ1) is 22.2. The third kappa shape index (κ3) is 6.26. The van der Waals surface area contributed by atoms with Crippen LogP contribution in [-0.4, -0.2) is 52.4 Å². The van der Waals surface area contributed by atoms with Crippen LogP contribution < -0.4 is 0 Å². The molecular formula is C24H33N3O3. The normalized spacial score (nSPS) is 16.8. The number of aromatic nitrogens is 2. The summed E-state index contributed by atoms with van der Waals surface area (Å²) < 4.78 is 11.4. The van der Waals surface area contributed by atoms with Crippen LogP contribution in [0.25, 0.3) is 17.1 Å². The standard InChI is InChI=1S/C24H33N3O3/c1-5-18-16-19(26-22-21(18)11-9-13-25-22)10-7-6-8-15-29-20-12-14-27(17-20)23(28)30-24(2,3)4/h5,9,11,13,16,20H,1,6-8,10,12,14-15,17H2,2-4H3.